The molecule has 31 heavy (non-hydrogen) atoms. The minimum Gasteiger partial charge on any atom is -0.335 e. The maximum atomic E-state index is 13.1. The lowest BCUT2D eigenvalue weighted by Crippen LogP contribution is -2.74. The molecule has 0 bridgehead atoms. The number of alkyl halides is 3. The van der Waals surface area contributed by atoms with Crippen LogP contribution in [0, 0.1) is 17.8 Å². The molecule has 4 rings (SSSR count). The fourth-order valence-corrected chi connectivity index (χ4v) is 6.37. The number of fused-ring (bicyclic) bond motifs is 1. The molecule has 0 spiro atoms. The van der Waals surface area contributed by atoms with E-state index in [1.54, 1.807) is 0 Å². The summed E-state index contributed by atoms with van der Waals surface area (Å²) in [7, 11) is 2.04. The maximum absolute atomic E-state index is 13.1. The Morgan fingerprint density at radius 1 is 1.03 bits per heavy atom. The third kappa shape index (κ3) is 4.65. The Bertz CT molecular complexity index is 666. The molecule has 4 aliphatic rings. The van der Waals surface area contributed by atoms with Crippen molar-refractivity contribution in [3.8, 4) is 0 Å². The molecule has 9 heteroatoms. The number of nitrogens with one attached hydrogen (secondary N) is 3. The highest BCUT2D eigenvalue weighted by atomic mass is 19.4. The Hall–Kier alpha value is -1.16. The van der Waals surface area contributed by atoms with Gasteiger partial charge in [-0.1, -0.05) is 6.58 Å². The molecule has 3 aliphatic heterocycles. The highest BCUT2D eigenvalue weighted by Crippen LogP contribution is 2.42. The van der Waals surface area contributed by atoms with Gasteiger partial charge >= 0.3 is 6.18 Å². The number of halogens is 3. The van der Waals surface area contributed by atoms with Crippen LogP contribution in [0.1, 0.15) is 45.4 Å². The van der Waals surface area contributed by atoms with Gasteiger partial charge in [-0.3, -0.25) is 20.9 Å². The van der Waals surface area contributed by atoms with Crippen molar-refractivity contribution in [1.82, 2.24) is 26.0 Å². The van der Waals surface area contributed by atoms with Crippen LogP contribution in [-0.4, -0.2) is 72.5 Å². The highest BCUT2D eigenvalue weighted by Gasteiger charge is 2.50. The lowest BCUT2D eigenvalue weighted by Gasteiger charge is -2.55. The summed E-state index contributed by atoms with van der Waals surface area (Å²) < 4.78 is 39.4. The summed E-state index contributed by atoms with van der Waals surface area (Å²) in [6.07, 6.45) is 0.730. The van der Waals surface area contributed by atoms with Crippen LogP contribution in [0.4, 0.5) is 13.2 Å². The number of hydrazine groups is 1. The van der Waals surface area contributed by atoms with Crippen molar-refractivity contribution in [2.75, 3.05) is 20.1 Å². The minimum absolute atomic E-state index is 0.0157. The molecule has 1 saturated carbocycles. The van der Waals surface area contributed by atoms with E-state index in [9.17, 15) is 18.0 Å². The standard InChI is InChI=1S/C22H36F3N5O/c1-4-18(31)30-12-9-16-19(13(30)2)26-21(27-20(16)17-10-11-29(3)28-17)14-5-7-15(8-6-14)22(23,24)25/h4,13-17,19-21,26-28H,1,5-12H2,2-3H3. The molecule has 6 unspecified atom stereocenters. The van der Waals surface area contributed by atoms with E-state index in [0.29, 0.717) is 31.3 Å². The van der Waals surface area contributed by atoms with Crippen molar-refractivity contribution in [2.45, 2.75) is 82.0 Å². The van der Waals surface area contributed by atoms with Gasteiger partial charge in [0.05, 0.1) is 12.1 Å². The van der Waals surface area contributed by atoms with Gasteiger partial charge in [0.1, 0.15) is 0 Å². The Morgan fingerprint density at radius 3 is 2.29 bits per heavy atom. The van der Waals surface area contributed by atoms with Gasteiger partial charge in [0.15, 0.2) is 0 Å². The highest BCUT2D eigenvalue weighted by molar-refractivity contribution is 5.87. The molecule has 6 nitrogen and oxygen atoms in total. The van der Waals surface area contributed by atoms with E-state index in [1.165, 1.54) is 6.08 Å². The summed E-state index contributed by atoms with van der Waals surface area (Å²) in [5.74, 6) is -0.700. The monoisotopic (exact) mass is 443 g/mol. The first-order valence-electron chi connectivity index (χ1n) is 11.7. The van der Waals surface area contributed by atoms with Gasteiger partial charge in [-0.25, -0.2) is 5.01 Å². The van der Waals surface area contributed by atoms with Crippen molar-refractivity contribution < 1.29 is 18.0 Å². The number of hydrogen-bond donors (Lipinski definition) is 3. The van der Waals surface area contributed by atoms with Crippen molar-refractivity contribution in [1.29, 1.82) is 0 Å². The van der Waals surface area contributed by atoms with Crippen molar-refractivity contribution in [3.63, 3.8) is 0 Å². The van der Waals surface area contributed by atoms with E-state index in [-0.39, 0.29) is 49.0 Å². The normalized spacial score (nSPS) is 42.3. The van der Waals surface area contributed by atoms with E-state index in [4.69, 9.17) is 0 Å². The molecular formula is C22H36F3N5O. The summed E-state index contributed by atoms with van der Waals surface area (Å²) in [6.45, 7) is 7.41. The zero-order valence-electron chi connectivity index (χ0n) is 18.5. The summed E-state index contributed by atoms with van der Waals surface area (Å²) in [5.41, 5.74) is 3.56. The molecule has 176 valence electrons. The van der Waals surface area contributed by atoms with Gasteiger partial charge in [0, 0.05) is 44.3 Å². The van der Waals surface area contributed by atoms with Crippen LogP contribution < -0.4 is 16.1 Å². The number of carbonyl (C=O) groups excluding carboxylic acids is 1. The smallest absolute Gasteiger partial charge is 0.335 e. The summed E-state index contributed by atoms with van der Waals surface area (Å²) >= 11 is 0. The lowest BCUT2D eigenvalue weighted by molar-refractivity contribution is -0.185. The van der Waals surface area contributed by atoms with Gasteiger partial charge in [-0.05, 0) is 63.4 Å². The molecule has 4 fully saturated rings. The number of amides is 1. The molecule has 3 saturated heterocycles. The Kier molecular flexibility index (Phi) is 6.68. The van der Waals surface area contributed by atoms with Crippen LogP contribution in [0.25, 0.3) is 0 Å². The fourth-order valence-electron chi connectivity index (χ4n) is 6.37. The second kappa shape index (κ2) is 9.00. The third-order valence-corrected chi connectivity index (χ3v) is 8.14. The number of piperidine rings is 1. The molecular weight excluding hydrogens is 407 g/mol. The molecule has 0 radical (unpaired) electrons. The van der Waals surface area contributed by atoms with Crippen LogP contribution in [0.2, 0.25) is 0 Å². The third-order valence-electron chi connectivity index (χ3n) is 8.14. The second-order valence-electron chi connectivity index (χ2n) is 9.89. The zero-order valence-corrected chi connectivity index (χ0v) is 18.5. The minimum atomic E-state index is -4.09. The SMILES string of the molecule is C=CC(=O)N1CCC2C(C3CCN(C)N3)NC(C3CCC(C(F)(F)F)CC3)NC2C1C. The topological polar surface area (TPSA) is 59.6 Å². The van der Waals surface area contributed by atoms with Crippen LogP contribution in [0.5, 0.6) is 0 Å². The Morgan fingerprint density at radius 2 is 1.71 bits per heavy atom. The van der Waals surface area contributed by atoms with Gasteiger partial charge in [-0.2, -0.15) is 13.2 Å². The summed E-state index contributed by atoms with van der Waals surface area (Å²) in [5, 5.41) is 9.67. The van der Waals surface area contributed by atoms with E-state index in [2.05, 4.69) is 34.6 Å². The molecule has 3 N–H and O–H groups in total. The second-order valence-corrected chi connectivity index (χ2v) is 9.89. The first-order valence-corrected chi connectivity index (χ1v) is 11.7. The van der Waals surface area contributed by atoms with Gasteiger partial charge in [0.25, 0.3) is 0 Å². The van der Waals surface area contributed by atoms with Crippen LogP contribution in [0.15, 0.2) is 12.7 Å². The van der Waals surface area contributed by atoms with Crippen LogP contribution in [-0.2, 0) is 4.79 Å². The molecule has 0 aromatic heterocycles. The zero-order chi connectivity index (χ0) is 22.3. The van der Waals surface area contributed by atoms with Crippen LogP contribution in [0.3, 0.4) is 0 Å². The first kappa shape index (κ1) is 23.0. The summed E-state index contributed by atoms with van der Waals surface area (Å²) in [4.78, 5) is 14.3. The number of nitrogens with zero attached hydrogens (tertiary/aromatic N) is 2. The Balaban J connectivity index is 1.51. The van der Waals surface area contributed by atoms with Gasteiger partial charge in [0.2, 0.25) is 5.91 Å². The molecule has 3 heterocycles. The largest absolute Gasteiger partial charge is 0.391 e. The van der Waals surface area contributed by atoms with Crippen molar-refractivity contribution >= 4 is 5.91 Å². The molecule has 1 aliphatic carbocycles. The fraction of sp³-hybridized carbons (Fsp3) is 0.864. The van der Waals surface area contributed by atoms with E-state index in [1.807, 2.05) is 11.9 Å². The average molecular weight is 444 g/mol. The van der Waals surface area contributed by atoms with E-state index >= 15 is 0 Å². The maximum Gasteiger partial charge on any atom is 0.391 e. The average Bonchev–Trinajstić information content (AvgIpc) is 3.18. The van der Waals surface area contributed by atoms with Crippen molar-refractivity contribution in [2.24, 2.45) is 17.8 Å². The Labute approximate surface area is 182 Å². The number of hydrogen-bond acceptors (Lipinski definition) is 5. The van der Waals surface area contributed by atoms with E-state index in [0.717, 1.165) is 19.4 Å². The lowest BCUT2D eigenvalue weighted by atomic mass is 9.73. The first-order chi connectivity index (χ1) is 14.7. The van der Waals surface area contributed by atoms with Gasteiger partial charge in [-0.15, -0.1) is 0 Å². The summed E-state index contributed by atoms with van der Waals surface area (Å²) in [6, 6.07) is 0.649. The number of likely N-dealkylation sites (tertiary alicyclic amines) is 1. The molecule has 1 amide bonds. The molecule has 0 aromatic carbocycles. The predicted molar refractivity (Wildman–Crippen MR) is 113 cm³/mol. The van der Waals surface area contributed by atoms with Crippen molar-refractivity contribution in [3.05, 3.63) is 12.7 Å². The molecule has 0 aromatic rings. The predicted octanol–water partition coefficient (Wildman–Crippen LogP) is 2.24. The number of carbonyl (C=O) groups is 1. The quantitative estimate of drug-likeness (QED) is 0.584. The van der Waals surface area contributed by atoms with Gasteiger partial charge < -0.3 is 4.90 Å². The number of rotatable bonds is 3. The van der Waals surface area contributed by atoms with Crippen LogP contribution >= 0.6 is 0 Å². The van der Waals surface area contributed by atoms with E-state index < -0.39 is 12.1 Å². The molecule has 6 atom stereocenters.